The molecule has 2 unspecified atom stereocenters. The number of rotatable bonds is 4. The number of halogens is 1. The number of benzene rings is 1. The fourth-order valence-electron chi connectivity index (χ4n) is 3.92. The van der Waals surface area contributed by atoms with Gasteiger partial charge in [-0.25, -0.2) is 0 Å². The van der Waals surface area contributed by atoms with Crippen LogP contribution in [0.15, 0.2) is 22.7 Å². The lowest BCUT2D eigenvalue weighted by molar-refractivity contribution is 0.121. The minimum Gasteiger partial charge on any atom is -0.314 e. The Morgan fingerprint density at radius 2 is 2.19 bits per heavy atom. The van der Waals surface area contributed by atoms with Gasteiger partial charge in [0.05, 0.1) is 0 Å². The molecule has 21 heavy (non-hydrogen) atoms. The number of nitrogens with one attached hydrogen (secondary N) is 1. The number of likely N-dealkylation sites (tertiary alicyclic amines) is 1. The third kappa shape index (κ3) is 3.52. The van der Waals surface area contributed by atoms with Crippen LogP contribution in [0.2, 0.25) is 0 Å². The summed E-state index contributed by atoms with van der Waals surface area (Å²) in [6.45, 7) is 8.19. The van der Waals surface area contributed by atoms with Gasteiger partial charge in [-0.3, -0.25) is 4.90 Å². The largest absolute Gasteiger partial charge is 0.314 e. The molecule has 0 aromatic heterocycles. The summed E-state index contributed by atoms with van der Waals surface area (Å²) in [5, 5.41) is 3.62. The van der Waals surface area contributed by atoms with E-state index in [1.54, 1.807) is 11.1 Å². The average Bonchev–Trinajstić information content (AvgIpc) is 2.91. The average molecular weight is 351 g/mol. The Labute approximate surface area is 137 Å². The van der Waals surface area contributed by atoms with Gasteiger partial charge in [0.15, 0.2) is 0 Å². The number of piperidine rings is 1. The van der Waals surface area contributed by atoms with Gasteiger partial charge in [-0.05, 0) is 61.9 Å². The summed E-state index contributed by atoms with van der Waals surface area (Å²) in [7, 11) is 0. The molecular formula is C18H27BrN2. The smallest absolute Gasteiger partial charge is 0.0354 e. The molecule has 3 heteroatoms. The quantitative estimate of drug-likeness (QED) is 0.877. The van der Waals surface area contributed by atoms with Crippen molar-refractivity contribution < 1.29 is 0 Å². The summed E-state index contributed by atoms with van der Waals surface area (Å²) in [5.41, 5.74) is 3.12. The van der Waals surface area contributed by atoms with E-state index < -0.39 is 0 Å². The van der Waals surface area contributed by atoms with Gasteiger partial charge in [-0.15, -0.1) is 0 Å². The standard InChI is InChI=1S/C18H27BrN2/c1-13(2)20-11-14-5-4-10-21(12-14)18-9-8-15-16(18)6-3-7-17(15)19/h3,6-7,13-14,18,20H,4-5,8-12H2,1-2H3. The summed E-state index contributed by atoms with van der Waals surface area (Å²) in [6, 6.07) is 7.98. The molecule has 3 rings (SSSR count). The van der Waals surface area contributed by atoms with Crippen LogP contribution in [0.3, 0.4) is 0 Å². The van der Waals surface area contributed by atoms with Crippen LogP contribution in [0.25, 0.3) is 0 Å². The van der Waals surface area contributed by atoms with Gasteiger partial charge < -0.3 is 5.32 Å². The molecule has 0 amide bonds. The highest BCUT2D eigenvalue weighted by atomic mass is 79.9. The van der Waals surface area contributed by atoms with E-state index in [1.165, 1.54) is 49.8 Å². The highest BCUT2D eigenvalue weighted by Gasteiger charge is 2.32. The Bertz CT molecular complexity index is 486. The van der Waals surface area contributed by atoms with Crippen LogP contribution in [0, 0.1) is 5.92 Å². The predicted octanol–water partition coefficient (Wildman–Crippen LogP) is 4.15. The van der Waals surface area contributed by atoms with Crippen molar-refractivity contribution in [2.45, 2.75) is 51.6 Å². The predicted molar refractivity (Wildman–Crippen MR) is 92.6 cm³/mol. The van der Waals surface area contributed by atoms with Crippen molar-refractivity contribution in [3.63, 3.8) is 0 Å². The molecule has 1 aliphatic heterocycles. The van der Waals surface area contributed by atoms with E-state index in [4.69, 9.17) is 0 Å². The van der Waals surface area contributed by atoms with Crippen molar-refractivity contribution in [2.75, 3.05) is 19.6 Å². The summed E-state index contributed by atoms with van der Waals surface area (Å²) >= 11 is 3.72. The van der Waals surface area contributed by atoms with Gasteiger partial charge in [0, 0.05) is 23.1 Å². The first-order valence-corrected chi connectivity index (χ1v) is 9.19. The van der Waals surface area contributed by atoms with E-state index >= 15 is 0 Å². The lowest BCUT2D eigenvalue weighted by atomic mass is 9.95. The molecule has 1 aliphatic carbocycles. The van der Waals surface area contributed by atoms with Crippen LogP contribution >= 0.6 is 15.9 Å². The highest BCUT2D eigenvalue weighted by Crippen LogP contribution is 2.40. The number of hydrogen-bond donors (Lipinski definition) is 1. The fraction of sp³-hybridized carbons (Fsp3) is 0.667. The first kappa shape index (κ1) is 15.5. The third-order valence-corrected chi connectivity index (χ3v) is 5.73. The van der Waals surface area contributed by atoms with Crippen molar-refractivity contribution in [2.24, 2.45) is 5.92 Å². The van der Waals surface area contributed by atoms with E-state index in [0.29, 0.717) is 12.1 Å². The molecule has 1 heterocycles. The maximum absolute atomic E-state index is 3.72. The Morgan fingerprint density at radius 3 is 3.00 bits per heavy atom. The molecule has 0 radical (unpaired) electrons. The van der Waals surface area contributed by atoms with Gasteiger partial charge in [0.1, 0.15) is 0 Å². The second kappa shape index (κ2) is 6.80. The van der Waals surface area contributed by atoms with Crippen LogP contribution in [0.4, 0.5) is 0 Å². The van der Waals surface area contributed by atoms with Gasteiger partial charge >= 0.3 is 0 Å². The van der Waals surface area contributed by atoms with E-state index in [2.05, 4.69) is 58.2 Å². The molecule has 0 saturated carbocycles. The molecule has 2 aliphatic rings. The third-order valence-electron chi connectivity index (χ3n) is 4.99. The molecule has 1 saturated heterocycles. The second-order valence-electron chi connectivity index (χ2n) is 6.93. The fourth-order valence-corrected chi connectivity index (χ4v) is 4.50. The molecule has 0 spiro atoms. The van der Waals surface area contributed by atoms with Crippen molar-refractivity contribution in [3.05, 3.63) is 33.8 Å². The lowest BCUT2D eigenvalue weighted by Crippen LogP contribution is -2.42. The molecular weight excluding hydrogens is 324 g/mol. The van der Waals surface area contributed by atoms with E-state index in [1.807, 2.05) is 0 Å². The SMILES string of the molecule is CC(C)NCC1CCCN(C2CCc3c(Br)cccc32)C1. The van der Waals surface area contributed by atoms with Gasteiger partial charge in [-0.1, -0.05) is 41.9 Å². The van der Waals surface area contributed by atoms with Crippen LogP contribution in [-0.4, -0.2) is 30.6 Å². The Kier molecular flexibility index (Phi) is 5.03. The van der Waals surface area contributed by atoms with Crippen LogP contribution < -0.4 is 5.32 Å². The molecule has 0 bridgehead atoms. The Balaban J connectivity index is 1.67. The Hall–Kier alpha value is -0.380. The maximum Gasteiger partial charge on any atom is 0.0354 e. The Morgan fingerprint density at radius 1 is 1.33 bits per heavy atom. The zero-order valence-electron chi connectivity index (χ0n) is 13.2. The van der Waals surface area contributed by atoms with Gasteiger partial charge in [-0.2, -0.15) is 0 Å². The van der Waals surface area contributed by atoms with Crippen LogP contribution in [-0.2, 0) is 6.42 Å². The van der Waals surface area contributed by atoms with Crippen molar-refractivity contribution in [1.82, 2.24) is 10.2 Å². The molecule has 1 fully saturated rings. The first-order valence-electron chi connectivity index (χ1n) is 8.40. The molecule has 2 atom stereocenters. The normalized spacial score (nSPS) is 26.3. The molecule has 1 aromatic rings. The number of hydrogen-bond acceptors (Lipinski definition) is 2. The lowest BCUT2D eigenvalue weighted by Gasteiger charge is -2.37. The highest BCUT2D eigenvalue weighted by molar-refractivity contribution is 9.10. The van der Waals surface area contributed by atoms with Crippen LogP contribution in [0.5, 0.6) is 0 Å². The van der Waals surface area contributed by atoms with Crippen molar-refractivity contribution >= 4 is 15.9 Å². The summed E-state index contributed by atoms with van der Waals surface area (Å²) < 4.78 is 1.30. The minimum absolute atomic E-state index is 0.600. The van der Waals surface area contributed by atoms with Crippen molar-refractivity contribution in [1.29, 1.82) is 0 Å². The van der Waals surface area contributed by atoms with Crippen molar-refractivity contribution in [3.8, 4) is 0 Å². The number of nitrogens with zero attached hydrogens (tertiary/aromatic N) is 1. The first-order chi connectivity index (χ1) is 10.1. The zero-order valence-corrected chi connectivity index (χ0v) is 14.8. The van der Waals surface area contributed by atoms with Crippen LogP contribution in [0.1, 0.15) is 50.3 Å². The summed E-state index contributed by atoms with van der Waals surface area (Å²) in [5.74, 6) is 0.817. The zero-order chi connectivity index (χ0) is 14.8. The van der Waals surface area contributed by atoms with Gasteiger partial charge in [0.25, 0.3) is 0 Å². The summed E-state index contributed by atoms with van der Waals surface area (Å²) in [6.07, 6.45) is 5.26. The minimum atomic E-state index is 0.600. The topological polar surface area (TPSA) is 15.3 Å². The second-order valence-corrected chi connectivity index (χ2v) is 7.78. The van der Waals surface area contributed by atoms with E-state index in [0.717, 1.165) is 5.92 Å². The summed E-state index contributed by atoms with van der Waals surface area (Å²) in [4.78, 5) is 2.74. The molecule has 1 N–H and O–H groups in total. The van der Waals surface area contributed by atoms with E-state index in [-0.39, 0.29) is 0 Å². The number of fused-ring (bicyclic) bond motifs is 1. The van der Waals surface area contributed by atoms with Gasteiger partial charge in [0.2, 0.25) is 0 Å². The maximum atomic E-state index is 3.72. The molecule has 2 nitrogen and oxygen atoms in total. The monoisotopic (exact) mass is 350 g/mol. The van der Waals surface area contributed by atoms with E-state index in [9.17, 15) is 0 Å². The molecule has 116 valence electrons. The molecule has 1 aromatic carbocycles.